The molecule has 0 bridgehead atoms. The summed E-state index contributed by atoms with van der Waals surface area (Å²) in [4.78, 5) is 4.44. The second kappa shape index (κ2) is 7.96. The number of rotatable bonds is 8. The Morgan fingerprint density at radius 3 is 2.90 bits per heavy atom. The molecule has 0 amide bonds. The third kappa shape index (κ3) is 4.16. The monoisotopic (exact) mass is 287 g/mol. The van der Waals surface area contributed by atoms with Crippen LogP contribution in [0.2, 0.25) is 0 Å². The zero-order chi connectivity index (χ0) is 15.1. The molecule has 0 spiro atoms. The van der Waals surface area contributed by atoms with Crippen LogP contribution in [0.15, 0.2) is 30.6 Å². The summed E-state index contributed by atoms with van der Waals surface area (Å²) in [6.07, 6.45) is 6.03. The molecule has 0 radical (unpaired) electrons. The maximum absolute atomic E-state index is 5.04. The van der Waals surface area contributed by atoms with Crippen molar-refractivity contribution in [2.75, 3.05) is 20.3 Å². The quantitative estimate of drug-likeness (QED) is 0.759. The van der Waals surface area contributed by atoms with E-state index in [0.717, 1.165) is 38.4 Å². The van der Waals surface area contributed by atoms with E-state index in [4.69, 9.17) is 4.74 Å². The summed E-state index contributed by atoms with van der Waals surface area (Å²) in [5.74, 6) is 1.13. The Morgan fingerprint density at radius 1 is 1.33 bits per heavy atom. The molecule has 0 atom stereocenters. The van der Waals surface area contributed by atoms with E-state index < -0.39 is 0 Å². The first-order chi connectivity index (χ1) is 10.3. The third-order valence-corrected chi connectivity index (χ3v) is 3.59. The van der Waals surface area contributed by atoms with Crippen LogP contribution in [0, 0.1) is 6.92 Å². The summed E-state index contributed by atoms with van der Waals surface area (Å²) in [7, 11) is 1.72. The van der Waals surface area contributed by atoms with Crippen LogP contribution in [0.1, 0.15) is 30.3 Å². The zero-order valence-corrected chi connectivity index (χ0v) is 13.2. The molecule has 0 saturated carbocycles. The Kier molecular flexibility index (Phi) is 5.96. The number of benzene rings is 1. The lowest BCUT2D eigenvalue weighted by atomic mass is 10.1. The maximum Gasteiger partial charge on any atom is 0.113 e. The number of methoxy groups -OCH3 is 1. The van der Waals surface area contributed by atoms with Crippen LogP contribution in [0.5, 0.6) is 0 Å². The number of aromatic nitrogens is 2. The topological polar surface area (TPSA) is 39.1 Å². The smallest absolute Gasteiger partial charge is 0.113 e. The Labute approximate surface area is 127 Å². The van der Waals surface area contributed by atoms with Crippen molar-refractivity contribution < 1.29 is 4.74 Å². The van der Waals surface area contributed by atoms with Gasteiger partial charge in [-0.3, -0.25) is 0 Å². The van der Waals surface area contributed by atoms with Crippen LogP contribution < -0.4 is 5.32 Å². The van der Waals surface area contributed by atoms with Gasteiger partial charge in [0.1, 0.15) is 5.82 Å². The molecule has 0 saturated heterocycles. The standard InChI is InChI=1S/C17H25N3O/c1-4-5-17-19-8-10-20(17)16-7-6-15(14(2)12-16)13-18-9-11-21-3/h6-8,10,12,18H,4-5,9,11,13H2,1-3H3. The largest absolute Gasteiger partial charge is 0.383 e. The lowest BCUT2D eigenvalue weighted by Gasteiger charge is -2.12. The molecule has 4 nitrogen and oxygen atoms in total. The van der Waals surface area contributed by atoms with Gasteiger partial charge in [0.05, 0.1) is 6.61 Å². The van der Waals surface area contributed by atoms with Crippen LogP contribution in [0.3, 0.4) is 0 Å². The van der Waals surface area contributed by atoms with Gasteiger partial charge in [-0.1, -0.05) is 13.0 Å². The van der Waals surface area contributed by atoms with E-state index in [1.165, 1.54) is 16.8 Å². The SMILES string of the molecule is CCCc1nccn1-c1ccc(CNCCOC)c(C)c1. The van der Waals surface area contributed by atoms with Gasteiger partial charge in [-0.05, 0) is 36.6 Å². The summed E-state index contributed by atoms with van der Waals surface area (Å²) in [6, 6.07) is 6.59. The molecule has 1 aromatic heterocycles. The summed E-state index contributed by atoms with van der Waals surface area (Å²) < 4.78 is 7.22. The highest BCUT2D eigenvalue weighted by Crippen LogP contribution is 2.17. The minimum absolute atomic E-state index is 0.743. The fourth-order valence-electron chi connectivity index (χ4n) is 2.40. The molecule has 4 heteroatoms. The number of aryl methyl sites for hydroxylation is 2. The minimum atomic E-state index is 0.743. The Morgan fingerprint density at radius 2 is 2.19 bits per heavy atom. The van der Waals surface area contributed by atoms with Crippen LogP contribution >= 0.6 is 0 Å². The maximum atomic E-state index is 5.04. The summed E-state index contributed by atoms with van der Waals surface area (Å²) >= 11 is 0. The van der Waals surface area contributed by atoms with E-state index in [9.17, 15) is 0 Å². The Balaban J connectivity index is 2.09. The van der Waals surface area contributed by atoms with Crippen molar-refractivity contribution in [3.05, 3.63) is 47.5 Å². The number of nitrogens with one attached hydrogen (secondary N) is 1. The average molecular weight is 287 g/mol. The second-order valence-electron chi connectivity index (χ2n) is 5.24. The molecule has 0 fully saturated rings. The van der Waals surface area contributed by atoms with Crippen LogP contribution in [0.25, 0.3) is 5.69 Å². The summed E-state index contributed by atoms with van der Waals surface area (Å²) in [6.45, 7) is 6.83. The minimum Gasteiger partial charge on any atom is -0.383 e. The van der Waals surface area contributed by atoms with E-state index in [1.54, 1.807) is 7.11 Å². The molecule has 1 aromatic carbocycles. The van der Waals surface area contributed by atoms with Crippen LogP contribution in [-0.2, 0) is 17.7 Å². The predicted octanol–water partition coefficient (Wildman–Crippen LogP) is 2.87. The first-order valence-electron chi connectivity index (χ1n) is 7.58. The fraction of sp³-hybridized carbons (Fsp3) is 0.471. The highest BCUT2D eigenvalue weighted by molar-refractivity contribution is 5.41. The number of nitrogens with zero attached hydrogens (tertiary/aromatic N) is 2. The van der Waals surface area contributed by atoms with Gasteiger partial charge in [-0.15, -0.1) is 0 Å². The van der Waals surface area contributed by atoms with Gasteiger partial charge in [-0.2, -0.15) is 0 Å². The van der Waals surface area contributed by atoms with E-state index in [1.807, 2.05) is 12.4 Å². The highest BCUT2D eigenvalue weighted by Gasteiger charge is 2.06. The van der Waals surface area contributed by atoms with E-state index in [2.05, 4.69) is 46.9 Å². The molecule has 0 unspecified atom stereocenters. The van der Waals surface area contributed by atoms with Crippen molar-refractivity contribution >= 4 is 0 Å². The van der Waals surface area contributed by atoms with Crippen LogP contribution in [-0.4, -0.2) is 29.8 Å². The van der Waals surface area contributed by atoms with Crippen LogP contribution in [0.4, 0.5) is 0 Å². The molecule has 0 aliphatic heterocycles. The molecule has 21 heavy (non-hydrogen) atoms. The predicted molar refractivity (Wildman–Crippen MR) is 85.9 cm³/mol. The van der Waals surface area contributed by atoms with Gasteiger partial charge in [0, 0.05) is 44.7 Å². The van der Waals surface area contributed by atoms with Crippen molar-refractivity contribution in [2.45, 2.75) is 33.2 Å². The third-order valence-electron chi connectivity index (χ3n) is 3.59. The molecule has 0 aliphatic rings. The average Bonchev–Trinajstić information content (AvgIpc) is 2.93. The van der Waals surface area contributed by atoms with Crippen molar-refractivity contribution in [1.29, 1.82) is 0 Å². The first-order valence-corrected chi connectivity index (χ1v) is 7.58. The molecule has 0 aliphatic carbocycles. The van der Waals surface area contributed by atoms with E-state index in [0.29, 0.717) is 0 Å². The summed E-state index contributed by atoms with van der Waals surface area (Å²) in [5.41, 5.74) is 3.81. The van der Waals surface area contributed by atoms with E-state index in [-0.39, 0.29) is 0 Å². The molecule has 1 N–H and O–H groups in total. The van der Waals surface area contributed by atoms with Gasteiger partial charge in [0.25, 0.3) is 0 Å². The van der Waals surface area contributed by atoms with Crippen molar-refractivity contribution in [3.8, 4) is 5.69 Å². The number of ether oxygens (including phenoxy) is 1. The Bertz CT molecular complexity index is 563. The zero-order valence-electron chi connectivity index (χ0n) is 13.2. The first kappa shape index (κ1) is 15.7. The highest BCUT2D eigenvalue weighted by atomic mass is 16.5. The normalized spacial score (nSPS) is 11.0. The summed E-state index contributed by atoms with van der Waals surface area (Å²) in [5, 5.41) is 3.39. The Hall–Kier alpha value is -1.65. The van der Waals surface area contributed by atoms with Gasteiger partial charge < -0.3 is 14.6 Å². The molecule has 114 valence electrons. The van der Waals surface area contributed by atoms with Crippen molar-refractivity contribution in [3.63, 3.8) is 0 Å². The molecular weight excluding hydrogens is 262 g/mol. The number of hydrogen-bond donors (Lipinski definition) is 1. The fourth-order valence-corrected chi connectivity index (χ4v) is 2.40. The lowest BCUT2D eigenvalue weighted by Crippen LogP contribution is -2.19. The molecule has 2 rings (SSSR count). The van der Waals surface area contributed by atoms with Gasteiger partial charge >= 0.3 is 0 Å². The number of hydrogen-bond acceptors (Lipinski definition) is 3. The molecular formula is C17H25N3O. The van der Waals surface area contributed by atoms with Crippen molar-refractivity contribution in [2.24, 2.45) is 0 Å². The van der Waals surface area contributed by atoms with Gasteiger partial charge in [-0.25, -0.2) is 4.98 Å². The second-order valence-corrected chi connectivity index (χ2v) is 5.24. The van der Waals surface area contributed by atoms with Gasteiger partial charge in [0.2, 0.25) is 0 Å². The van der Waals surface area contributed by atoms with Gasteiger partial charge in [0.15, 0.2) is 0 Å². The van der Waals surface area contributed by atoms with E-state index >= 15 is 0 Å². The molecule has 1 heterocycles. The molecule has 2 aromatic rings. The number of imidazole rings is 1. The lowest BCUT2D eigenvalue weighted by molar-refractivity contribution is 0.199. The van der Waals surface area contributed by atoms with Crippen molar-refractivity contribution in [1.82, 2.24) is 14.9 Å².